The molecule has 5 nitrogen and oxygen atoms in total. The smallest absolute Gasteiger partial charge is 0.220 e. The lowest BCUT2D eigenvalue weighted by Crippen LogP contribution is -2.26. The van der Waals surface area contributed by atoms with Crippen LogP contribution in [0.4, 0.5) is 0 Å². The van der Waals surface area contributed by atoms with Gasteiger partial charge in [-0.1, -0.05) is 6.07 Å². The lowest BCUT2D eigenvalue weighted by molar-refractivity contribution is -0.121. The van der Waals surface area contributed by atoms with E-state index in [0.29, 0.717) is 18.8 Å². The molecule has 5 heteroatoms. The van der Waals surface area contributed by atoms with E-state index >= 15 is 0 Å². The Balaban J connectivity index is 1.47. The van der Waals surface area contributed by atoms with Crippen LogP contribution in [0.15, 0.2) is 12.1 Å². The first-order chi connectivity index (χ1) is 11.1. The topological polar surface area (TPSA) is 67.0 Å². The summed E-state index contributed by atoms with van der Waals surface area (Å²) in [4.78, 5) is 19.9. The van der Waals surface area contributed by atoms with Crippen LogP contribution in [0.2, 0.25) is 0 Å². The van der Waals surface area contributed by atoms with Crippen LogP contribution in [0.5, 0.6) is 0 Å². The summed E-state index contributed by atoms with van der Waals surface area (Å²) in [6.45, 7) is 6.62. The fraction of sp³-hybridized carbons (Fsp3) is 0.556. The summed E-state index contributed by atoms with van der Waals surface area (Å²) < 4.78 is 5.34. The van der Waals surface area contributed by atoms with Crippen LogP contribution >= 0.6 is 0 Å². The maximum atomic E-state index is 11.9. The molecule has 1 atom stereocenters. The highest BCUT2D eigenvalue weighted by Crippen LogP contribution is 2.19. The molecule has 1 aliphatic heterocycles. The number of nitrogens with zero attached hydrogens (tertiary/aromatic N) is 1. The molecule has 2 aromatic rings. The van der Waals surface area contributed by atoms with Crippen molar-refractivity contribution in [3.63, 3.8) is 0 Å². The highest BCUT2D eigenvalue weighted by atomic mass is 16.5. The number of nitrogens with one attached hydrogen (secondary N) is 2. The number of carbonyl (C=O) groups excluding carboxylic acids is 1. The van der Waals surface area contributed by atoms with Crippen molar-refractivity contribution >= 4 is 16.9 Å². The number of aromatic nitrogens is 2. The average molecular weight is 315 g/mol. The summed E-state index contributed by atoms with van der Waals surface area (Å²) in [6, 6.07) is 4.15. The number of fused-ring (bicyclic) bond motifs is 1. The van der Waals surface area contributed by atoms with Gasteiger partial charge in [0, 0.05) is 32.6 Å². The molecule has 0 unspecified atom stereocenters. The van der Waals surface area contributed by atoms with Crippen molar-refractivity contribution in [2.75, 3.05) is 19.8 Å². The maximum absolute atomic E-state index is 11.9. The molecule has 2 heterocycles. The van der Waals surface area contributed by atoms with Crippen molar-refractivity contribution in [1.29, 1.82) is 0 Å². The number of ether oxygens (including phenoxy) is 1. The van der Waals surface area contributed by atoms with Crippen molar-refractivity contribution in [1.82, 2.24) is 15.3 Å². The molecule has 1 saturated heterocycles. The summed E-state index contributed by atoms with van der Waals surface area (Å²) in [7, 11) is 0. The summed E-state index contributed by atoms with van der Waals surface area (Å²) in [5.41, 5.74) is 4.50. The van der Waals surface area contributed by atoms with E-state index in [2.05, 4.69) is 41.3 Å². The van der Waals surface area contributed by atoms with Crippen LogP contribution in [-0.2, 0) is 16.0 Å². The first-order valence-corrected chi connectivity index (χ1v) is 8.42. The van der Waals surface area contributed by atoms with Gasteiger partial charge in [0.1, 0.15) is 5.82 Å². The molecule has 0 bridgehead atoms. The zero-order valence-corrected chi connectivity index (χ0v) is 13.9. The van der Waals surface area contributed by atoms with Crippen LogP contribution in [0, 0.1) is 19.8 Å². The Morgan fingerprint density at radius 3 is 3.09 bits per heavy atom. The van der Waals surface area contributed by atoms with Gasteiger partial charge in [0.05, 0.1) is 11.0 Å². The highest BCUT2D eigenvalue weighted by Gasteiger charge is 2.15. The molecule has 23 heavy (non-hydrogen) atoms. The van der Waals surface area contributed by atoms with Crippen molar-refractivity contribution < 1.29 is 9.53 Å². The van der Waals surface area contributed by atoms with E-state index < -0.39 is 0 Å². The van der Waals surface area contributed by atoms with E-state index in [9.17, 15) is 4.79 Å². The predicted molar refractivity (Wildman–Crippen MR) is 90.4 cm³/mol. The molecule has 1 aromatic heterocycles. The standard InChI is InChI=1S/C18H25N3O2/c1-12-3-4-15-18(13(12)2)21-16(20-15)5-6-17(22)19-9-7-14-8-10-23-11-14/h3-4,14H,5-11H2,1-2H3,(H,19,22)(H,20,21)/t14-/m1/s1. The predicted octanol–water partition coefficient (Wildman–Crippen LogP) is 2.66. The number of rotatable bonds is 6. The number of hydrogen-bond donors (Lipinski definition) is 2. The largest absolute Gasteiger partial charge is 0.381 e. The zero-order chi connectivity index (χ0) is 16.2. The monoisotopic (exact) mass is 315 g/mol. The van der Waals surface area contributed by atoms with Gasteiger partial charge in [-0.2, -0.15) is 0 Å². The van der Waals surface area contributed by atoms with E-state index in [1.807, 2.05) is 0 Å². The summed E-state index contributed by atoms with van der Waals surface area (Å²) >= 11 is 0. The minimum Gasteiger partial charge on any atom is -0.381 e. The Hall–Kier alpha value is -1.88. The Morgan fingerprint density at radius 2 is 2.30 bits per heavy atom. The van der Waals surface area contributed by atoms with Crippen LogP contribution < -0.4 is 5.32 Å². The van der Waals surface area contributed by atoms with Crippen molar-refractivity contribution in [2.24, 2.45) is 5.92 Å². The minimum absolute atomic E-state index is 0.0947. The third kappa shape index (κ3) is 3.91. The van der Waals surface area contributed by atoms with E-state index in [1.54, 1.807) is 0 Å². The molecule has 1 aromatic carbocycles. The first-order valence-electron chi connectivity index (χ1n) is 8.42. The molecule has 1 fully saturated rings. The Labute approximate surface area is 136 Å². The number of benzene rings is 1. The number of amides is 1. The van der Waals surface area contributed by atoms with E-state index in [-0.39, 0.29) is 5.91 Å². The number of carbonyl (C=O) groups is 1. The van der Waals surface area contributed by atoms with Crippen molar-refractivity contribution in [3.8, 4) is 0 Å². The number of aryl methyl sites for hydroxylation is 3. The lowest BCUT2D eigenvalue weighted by Gasteiger charge is -2.08. The van der Waals surface area contributed by atoms with Gasteiger partial charge < -0.3 is 15.0 Å². The SMILES string of the molecule is Cc1ccc2[nH]c(CCC(=O)NCC[C@@H]3CCOC3)nc2c1C. The molecule has 0 spiro atoms. The summed E-state index contributed by atoms with van der Waals surface area (Å²) in [5, 5.41) is 3.00. The average Bonchev–Trinajstić information content (AvgIpc) is 3.18. The van der Waals surface area contributed by atoms with Crippen LogP contribution in [0.3, 0.4) is 0 Å². The lowest BCUT2D eigenvalue weighted by atomic mass is 10.1. The Kier molecular flexibility index (Phi) is 4.96. The second-order valence-electron chi connectivity index (χ2n) is 6.46. The molecular formula is C18H25N3O2. The van der Waals surface area contributed by atoms with Gasteiger partial charge in [0.15, 0.2) is 0 Å². The molecule has 0 aliphatic carbocycles. The first kappa shape index (κ1) is 16.0. The molecule has 0 radical (unpaired) electrons. The number of imidazole rings is 1. The third-order valence-electron chi connectivity index (χ3n) is 4.72. The van der Waals surface area contributed by atoms with Crippen LogP contribution in [-0.4, -0.2) is 35.6 Å². The van der Waals surface area contributed by atoms with E-state index in [1.165, 1.54) is 11.1 Å². The molecule has 3 rings (SSSR count). The number of aromatic amines is 1. The fourth-order valence-corrected chi connectivity index (χ4v) is 3.03. The quantitative estimate of drug-likeness (QED) is 0.861. The second kappa shape index (κ2) is 7.13. The molecule has 2 N–H and O–H groups in total. The van der Waals surface area contributed by atoms with Gasteiger partial charge >= 0.3 is 0 Å². The number of H-pyrrole nitrogens is 1. The van der Waals surface area contributed by atoms with Gasteiger partial charge in [-0.05, 0) is 49.8 Å². The van der Waals surface area contributed by atoms with Gasteiger partial charge in [-0.15, -0.1) is 0 Å². The van der Waals surface area contributed by atoms with Crippen molar-refractivity contribution in [3.05, 3.63) is 29.1 Å². The number of hydrogen-bond acceptors (Lipinski definition) is 3. The van der Waals surface area contributed by atoms with Gasteiger partial charge in [-0.3, -0.25) is 4.79 Å². The minimum atomic E-state index is 0.0947. The Bertz CT molecular complexity index is 687. The van der Waals surface area contributed by atoms with Gasteiger partial charge in [0.25, 0.3) is 0 Å². The molecule has 1 amide bonds. The fourth-order valence-electron chi connectivity index (χ4n) is 3.03. The zero-order valence-electron chi connectivity index (χ0n) is 13.9. The maximum Gasteiger partial charge on any atom is 0.220 e. The van der Waals surface area contributed by atoms with Gasteiger partial charge in [-0.25, -0.2) is 4.98 Å². The van der Waals surface area contributed by atoms with E-state index in [0.717, 1.165) is 49.5 Å². The van der Waals surface area contributed by atoms with Crippen molar-refractivity contribution in [2.45, 2.75) is 39.5 Å². The molecule has 124 valence electrons. The summed E-state index contributed by atoms with van der Waals surface area (Å²) in [6.07, 6.45) is 3.24. The van der Waals surface area contributed by atoms with E-state index in [4.69, 9.17) is 4.74 Å². The Morgan fingerprint density at radius 1 is 1.43 bits per heavy atom. The summed E-state index contributed by atoms with van der Waals surface area (Å²) in [5.74, 6) is 1.59. The van der Waals surface area contributed by atoms with Gasteiger partial charge in [0.2, 0.25) is 5.91 Å². The highest BCUT2D eigenvalue weighted by molar-refractivity contribution is 5.80. The second-order valence-corrected chi connectivity index (χ2v) is 6.46. The van der Waals surface area contributed by atoms with Crippen LogP contribution in [0.1, 0.15) is 36.2 Å². The molecule has 0 saturated carbocycles. The molecular weight excluding hydrogens is 290 g/mol. The molecule has 1 aliphatic rings. The third-order valence-corrected chi connectivity index (χ3v) is 4.72. The van der Waals surface area contributed by atoms with Crippen LogP contribution in [0.25, 0.3) is 11.0 Å². The normalized spacial score (nSPS) is 17.7.